The van der Waals surface area contributed by atoms with E-state index in [1.807, 2.05) is 0 Å². The molecule has 2 aromatic rings. The van der Waals surface area contributed by atoms with Crippen LogP contribution in [0, 0.1) is 0 Å². The number of alkyl halides is 5. The first kappa shape index (κ1) is 21.4. The lowest BCUT2D eigenvalue weighted by Crippen LogP contribution is -2.31. The zero-order valence-electron chi connectivity index (χ0n) is 14.5. The Hall–Kier alpha value is -2.90. The van der Waals surface area contributed by atoms with Gasteiger partial charge >= 0.3 is 18.3 Å². The average Bonchev–Trinajstić information content (AvgIpc) is 2.60. The molecule has 0 fully saturated rings. The maximum Gasteiger partial charge on any atom is 0.433 e. The standard InChI is InChI=1S/C20H17F5O3/c21-19(22,23)12-4-7-14-8-10-16(11-9-14)28-20(24,25)17(18(26)27)13-15-5-2-1-3-6-15/h1-3,5-6,8-11,13H,4,7,12H2,(H,26,27)/b17-13+. The smallest absolute Gasteiger partial charge is 0.433 e. The molecular formula is C20H17F5O3. The van der Waals surface area contributed by atoms with Crippen molar-refractivity contribution in [2.45, 2.75) is 31.5 Å². The summed E-state index contributed by atoms with van der Waals surface area (Å²) in [6.07, 6.45) is -8.47. The van der Waals surface area contributed by atoms with Crippen molar-refractivity contribution in [3.8, 4) is 5.75 Å². The molecule has 0 aliphatic rings. The first-order valence-electron chi connectivity index (χ1n) is 8.30. The summed E-state index contributed by atoms with van der Waals surface area (Å²) >= 11 is 0. The van der Waals surface area contributed by atoms with Crippen LogP contribution in [0.5, 0.6) is 5.75 Å². The average molecular weight is 400 g/mol. The van der Waals surface area contributed by atoms with Crippen molar-refractivity contribution >= 4 is 12.0 Å². The minimum Gasteiger partial charge on any atom is -0.478 e. The van der Waals surface area contributed by atoms with Crippen LogP contribution in [0.3, 0.4) is 0 Å². The van der Waals surface area contributed by atoms with Crippen molar-refractivity contribution in [1.29, 1.82) is 0 Å². The third-order valence-electron chi connectivity index (χ3n) is 3.75. The van der Waals surface area contributed by atoms with Gasteiger partial charge in [-0.15, -0.1) is 0 Å². The number of hydrogen-bond acceptors (Lipinski definition) is 2. The number of rotatable bonds is 8. The Labute approximate surface area is 158 Å². The van der Waals surface area contributed by atoms with E-state index in [0.29, 0.717) is 5.56 Å². The normalized spacial score (nSPS) is 12.7. The topological polar surface area (TPSA) is 46.5 Å². The summed E-state index contributed by atoms with van der Waals surface area (Å²) in [5.41, 5.74) is -0.450. The van der Waals surface area contributed by atoms with Crippen LogP contribution in [0.4, 0.5) is 22.0 Å². The van der Waals surface area contributed by atoms with Gasteiger partial charge in [-0.3, -0.25) is 0 Å². The fourth-order valence-corrected chi connectivity index (χ4v) is 2.41. The lowest BCUT2D eigenvalue weighted by Gasteiger charge is -2.19. The summed E-state index contributed by atoms with van der Waals surface area (Å²) in [6.45, 7) is 0. The lowest BCUT2D eigenvalue weighted by atomic mass is 10.1. The molecule has 8 heteroatoms. The number of aryl methyl sites for hydroxylation is 1. The van der Waals surface area contributed by atoms with Gasteiger partial charge in [0.05, 0.1) is 0 Å². The third kappa shape index (κ3) is 6.68. The van der Waals surface area contributed by atoms with Gasteiger partial charge in [0.15, 0.2) is 0 Å². The minimum absolute atomic E-state index is 0.122. The monoisotopic (exact) mass is 400 g/mol. The van der Waals surface area contributed by atoms with E-state index < -0.39 is 30.2 Å². The Morgan fingerprint density at radius 1 is 0.964 bits per heavy atom. The van der Waals surface area contributed by atoms with E-state index in [4.69, 9.17) is 5.11 Å². The maximum atomic E-state index is 14.3. The fourth-order valence-electron chi connectivity index (χ4n) is 2.41. The summed E-state index contributed by atoms with van der Waals surface area (Å²) in [5.74, 6) is -2.14. The van der Waals surface area contributed by atoms with Gasteiger partial charge in [0.2, 0.25) is 0 Å². The van der Waals surface area contributed by atoms with Crippen LogP contribution in [-0.4, -0.2) is 23.4 Å². The van der Waals surface area contributed by atoms with E-state index in [2.05, 4.69) is 4.74 Å². The molecule has 0 aliphatic carbocycles. The molecule has 150 valence electrons. The quantitative estimate of drug-likeness (QED) is 0.456. The van der Waals surface area contributed by atoms with Crippen LogP contribution in [0.25, 0.3) is 6.08 Å². The molecule has 0 atom stereocenters. The summed E-state index contributed by atoms with van der Waals surface area (Å²) in [4.78, 5) is 11.3. The van der Waals surface area contributed by atoms with Gasteiger partial charge < -0.3 is 9.84 Å². The highest BCUT2D eigenvalue weighted by Gasteiger charge is 2.42. The molecular weight excluding hydrogens is 383 g/mol. The van der Waals surface area contributed by atoms with Gasteiger partial charge in [-0.05, 0) is 42.2 Å². The SMILES string of the molecule is O=C(O)/C(=C\c1ccccc1)C(F)(F)Oc1ccc(CCCC(F)(F)F)cc1. The van der Waals surface area contributed by atoms with Crippen LogP contribution in [0.15, 0.2) is 60.2 Å². The summed E-state index contributed by atoms with van der Waals surface area (Å²) in [7, 11) is 0. The van der Waals surface area contributed by atoms with Crippen LogP contribution >= 0.6 is 0 Å². The van der Waals surface area contributed by atoms with E-state index in [-0.39, 0.29) is 24.2 Å². The second-order valence-corrected chi connectivity index (χ2v) is 6.01. The number of carboxylic acid groups (broad SMARTS) is 1. The molecule has 0 saturated carbocycles. The molecule has 0 saturated heterocycles. The van der Waals surface area contributed by atoms with Crippen molar-refractivity contribution in [3.05, 3.63) is 71.3 Å². The van der Waals surface area contributed by atoms with E-state index in [9.17, 15) is 26.7 Å². The van der Waals surface area contributed by atoms with Crippen LogP contribution in [0.2, 0.25) is 0 Å². The van der Waals surface area contributed by atoms with Crippen molar-refractivity contribution in [2.24, 2.45) is 0 Å². The Morgan fingerprint density at radius 3 is 2.11 bits per heavy atom. The molecule has 3 nitrogen and oxygen atoms in total. The second kappa shape index (κ2) is 8.86. The largest absolute Gasteiger partial charge is 0.478 e. The van der Waals surface area contributed by atoms with Crippen molar-refractivity contribution in [2.75, 3.05) is 0 Å². The predicted molar refractivity (Wildman–Crippen MR) is 93.1 cm³/mol. The summed E-state index contributed by atoms with van der Waals surface area (Å²) in [6, 6.07) is 12.8. The zero-order valence-corrected chi connectivity index (χ0v) is 14.5. The summed E-state index contributed by atoms with van der Waals surface area (Å²) in [5, 5.41) is 9.13. The minimum atomic E-state index is -4.25. The van der Waals surface area contributed by atoms with Gasteiger partial charge in [0.1, 0.15) is 11.3 Å². The van der Waals surface area contributed by atoms with E-state index in [1.165, 1.54) is 36.4 Å². The molecule has 0 bridgehead atoms. The molecule has 0 heterocycles. The molecule has 2 rings (SSSR count). The Balaban J connectivity index is 2.09. The van der Waals surface area contributed by atoms with Gasteiger partial charge in [-0.1, -0.05) is 42.5 Å². The molecule has 0 aliphatic heterocycles. The number of carboxylic acids is 1. The lowest BCUT2D eigenvalue weighted by molar-refractivity contribution is -0.160. The highest BCUT2D eigenvalue weighted by molar-refractivity contribution is 5.93. The van der Waals surface area contributed by atoms with Gasteiger partial charge in [-0.2, -0.15) is 22.0 Å². The number of benzene rings is 2. The van der Waals surface area contributed by atoms with E-state index in [0.717, 1.165) is 6.08 Å². The summed E-state index contributed by atoms with van der Waals surface area (Å²) < 4.78 is 69.7. The van der Waals surface area contributed by atoms with Crippen LogP contribution in [-0.2, 0) is 11.2 Å². The third-order valence-corrected chi connectivity index (χ3v) is 3.75. The van der Waals surface area contributed by atoms with Gasteiger partial charge in [-0.25, -0.2) is 4.79 Å². The first-order chi connectivity index (χ1) is 13.1. The number of aliphatic carboxylic acids is 1. The van der Waals surface area contributed by atoms with Crippen molar-refractivity contribution in [1.82, 2.24) is 0 Å². The zero-order chi connectivity index (χ0) is 20.8. The van der Waals surface area contributed by atoms with E-state index in [1.54, 1.807) is 18.2 Å². The molecule has 0 aromatic heterocycles. The fraction of sp³-hybridized carbons (Fsp3) is 0.250. The Bertz CT molecular complexity index is 812. The molecule has 0 unspecified atom stereocenters. The Kier molecular flexibility index (Phi) is 6.77. The van der Waals surface area contributed by atoms with Gasteiger partial charge in [0.25, 0.3) is 0 Å². The number of carbonyl (C=O) groups is 1. The highest BCUT2D eigenvalue weighted by atomic mass is 19.4. The maximum absolute atomic E-state index is 14.3. The molecule has 2 aromatic carbocycles. The van der Waals surface area contributed by atoms with Crippen molar-refractivity contribution in [3.63, 3.8) is 0 Å². The second-order valence-electron chi connectivity index (χ2n) is 6.01. The predicted octanol–water partition coefficient (Wildman–Crippen LogP) is 5.71. The van der Waals surface area contributed by atoms with Crippen LogP contribution < -0.4 is 4.74 Å². The van der Waals surface area contributed by atoms with Gasteiger partial charge in [0, 0.05) is 6.42 Å². The number of hydrogen-bond donors (Lipinski definition) is 1. The first-order valence-corrected chi connectivity index (χ1v) is 8.30. The van der Waals surface area contributed by atoms with Crippen molar-refractivity contribution < 1.29 is 36.6 Å². The molecule has 1 N–H and O–H groups in total. The molecule has 0 amide bonds. The molecule has 0 radical (unpaired) electrons. The van der Waals surface area contributed by atoms with Crippen LogP contribution in [0.1, 0.15) is 24.0 Å². The highest BCUT2D eigenvalue weighted by Crippen LogP contribution is 2.31. The number of halogens is 5. The molecule has 28 heavy (non-hydrogen) atoms. The number of ether oxygens (including phenoxy) is 1. The van der Waals surface area contributed by atoms with E-state index >= 15 is 0 Å². The molecule has 0 spiro atoms. The Morgan fingerprint density at radius 2 is 1.57 bits per heavy atom.